The van der Waals surface area contributed by atoms with Gasteiger partial charge in [0.15, 0.2) is 0 Å². The Morgan fingerprint density at radius 1 is 1.13 bits per heavy atom. The summed E-state index contributed by atoms with van der Waals surface area (Å²) in [5.74, 6) is -1.55. The third-order valence-corrected chi connectivity index (χ3v) is 3.17. The van der Waals surface area contributed by atoms with Gasteiger partial charge in [0, 0.05) is 11.3 Å². The summed E-state index contributed by atoms with van der Waals surface area (Å²) >= 11 is 0. The van der Waals surface area contributed by atoms with Crippen molar-refractivity contribution in [2.75, 3.05) is 11.9 Å². The number of halogens is 2. The molecular formula is C17H17F2N3O. The second-order valence-corrected chi connectivity index (χ2v) is 5.08. The van der Waals surface area contributed by atoms with Gasteiger partial charge in [-0.15, -0.1) is 0 Å². The van der Waals surface area contributed by atoms with Crippen LogP contribution in [0.25, 0.3) is 0 Å². The van der Waals surface area contributed by atoms with Gasteiger partial charge in [0.1, 0.15) is 11.6 Å². The quantitative estimate of drug-likeness (QED) is 0.657. The Hall–Kier alpha value is -2.76. The van der Waals surface area contributed by atoms with Crippen molar-refractivity contribution >= 4 is 17.3 Å². The van der Waals surface area contributed by atoms with Crippen LogP contribution in [-0.2, 0) is 4.79 Å². The van der Waals surface area contributed by atoms with Gasteiger partial charge >= 0.3 is 0 Å². The van der Waals surface area contributed by atoms with Crippen LogP contribution < -0.4 is 10.7 Å². The van der Waals surface area contributed by atoms with Crippen molar-refractivity contribution in [1.82, 2.24) is 5.43 Å². The monoisotopic (exact) mass is 317 g/mol. The first kappa shape index (κ1) is 16.6. The summed E-state index contributed by atoms with van der Waals surface area (Å²) in [5.41, 5.74) is 4.43. The highest BCUT2D eigenvalue weighted by Gasteiger charge is 2.08. The third kappa shape index (κ3) is 4.88. The summed E-state index contributed by atoms with van der Waals surface area (Å²) < 4.78 is 26.7. The predicted molar refractivity (Wildman–Crippen MR) is 86.4 cm³/mol. The fourth-order valence-corrected chi connectivity index (χ4v) is 1.87. The molecule has 0 fully saturated rings. The van der Waals surface area contributed by atoms with E-state index >= 15 is 0 Å². The number of hydrogen-bond donors (Lipinski definition) is 2. The molecule has 0 aliphatic rings. The molecule has 1 amide bonds. The van der Waals surface area contributed by atoms with Gasteiger partial charge in [-0.1, -0.05) is 17.7 Å². The molecule has 23 heavy (non-hydrogen) atoms. The molecule has 0 radical (unpaired) electrons. The number of aryl methyl sites for hydroxylation is 1. The number of nitrogens with one attached hydrogen (secondary N) is 2. The molecule has 6 heteroatoms. The van der Waals surface area contributed by atoms with Crippen LogP contribution in [0.3, 0.4) is 0 Å². The lowest BCUT2D eigenvalue weighted by atomic mass is 10.1. The van der Waals surface area contributed by atoms with Crippen LogP contribution >= 0.6 is 0 Å². The number of carbonyl (C=O) groups excluding carboxylic acids is 1. The Labute approximate surface area is 133 Å². The van der Waals surface area contributed by atoms with Crippen LogP contribution in [0.5, 0.6) is 0 Å². The lowest BCUT2D eigenvalue weighted by Gasteiger charge is -2.07. The van der Waals surface area contributed by atoms with E-state index in [-0.39, 0.29) is 23.7 Å². The third-order valence-electron chi connectivity index (χ3n) is 3.17. The minimum atomic E-state index is -0.598. The molecule has 0 atom stereocenters. The Morgan fingerprint density at radius 3 is 2.52 bits per heavy atom. The maximum Gasteiger partial charge on any atom is 0.259 e. The van der Waals surface area contributed by atoms with Gasteiger partial charge in [0.05, 0.1) is 12.3 Å². The van der Waals surface area contributed by atoms with E-state index in [4.69, 9.17) is 0 Å². The average Bonchev–Trinajstić information content (AvgIpc) is 2.54. The highest BCUT2D eigenvalue weighted by molar-refractivity contribution is 5.99. The number of benzene rings is 2. The predicted octanol–water partition coefficient (Wildman–Crippen LogP) is 3.23. The molecule has 0 spiro atoms. The minimum absolute atomic E-state index is 0.0109. The lowest BCUT2D eigenvalue weighted by Crippen LogP contribution is -2.26. The normalized spacial score (nSPS) is 11.2. The Kier molecular flexibility index (Phi) is 5.41. The van der Waals surface area contributed by atoms with Gasteiger partial charge in [0.2, 0.25) is 0 Å². The molecular weight excluding hydrogens is 300 g/mol. The SMILES string of the molecule is C/C(=N/NC(=O)CNc1ccc(C)cc1)c1cc(F)ccc1F. The van der Waals surface area contributed by atoms with Crippen LogP contribution in [0.4, 0.5) is 14.5 Å². The van der Waals surface area contributed by atoms with E-state index < -0.39 is 11.6 Å². The zero-order valence-electron chi connectivity index (χ0n) is 12.9. The molecule has 0 bridgehead atoms. The summed E-state index contributed by atoms with van der Waals surface area (Å²) in [7, 11) is 0. The molecule has 120 valence electrons. The summed E-state index contributed by atoms with van der Waals surface area (Å²) in [6, 6.07) is 10.6. The molecule has 2 N–H and O–H groups in total. The van der Waals surface area contributed by atoms with Crippen molar-refractivity contribution in [2.24, 2.45) is 5.10 Å². The van der Waals surface area contributed by atoms with E-state index in [0.29, 0.717) is 0 Å². The van der Waals surface area contributed by atoms with Crippen molar-refractivity contribution in [1.29, 1.82) is 0 Å². The van der Waals surface area contributed by atoms with Crippen LogP contribution in [-0.4, -0.2) is 18.2 Å². The highest BCUT2D eigenvalue weighted by atomic mass is 19.1. The Bertz CT molecular complexity index is 727. The van der Waals surface area contributed by atoms with Gasteiger partial charge in [-0.25, -0.2) is 14.2 Å². The second-order valence-electron chi connectivity index (χ2n) is 5.08. The van der Waals surface area contributed by atoms with E-state index in [0.717, 1.165) is 29.4 Å². The zero-order valence-corrected chi connectivity index (χ0v) is 12.9. The summed E-state index contributed by atoms with van der Waals surface area (Å²) in [6.07, 6.45) is 0. The Morgan fingerprint density at radius 2 is 1.83 bits per heavy atom. The smallest absolute Gasteiger partial charge is 0.259 e. The van der Waals surface area contributed by atoms with Crippen LogP contribution in [0, 0.1) is 18.6 Å². The maximum atomic E-state index is 13.6. The van der Waals surface area contributed by atoms with Gasteiger partial charge < -0.3 is 5.32 Å². The second kappa shape index (κ2) is 7.49. The average molecular weight is 317 g/mol. The number of carbonyl (C=O) groups is 1. The summed E-state index contributed by atoms with van der Waals surface area (Å²) in [5, 5.41) is 6.73. The number of hydrogen-bond acceptors (Lipinski definition) is 3. The molecule has 0 aliphatic carbocycles. The fourth-order valence-electron chi connectivity index (χ4n) is 1.87. The van der Waals surface area contributed by atoms with E-state index in [1.54, 1.807) is 0 Å². The lowest BCUT2D eigenvalue weighted by molar-refractivity contribution is -0.119. The topological polar surface area (TPSA) is 53.5 Å². The summed E-state index contributed by atoms with van der Waals surface area (Å²) in [6.45, 7) is 3.48. The molecule has 4 nitrogen and oxygen atoms in total. The molecule has 2 aromatic carbocycles. The maximum absolute atomic E-state index is 13.6. The van der Waals surface area contributed by atoms with Crippen LogP contribution in [0.2, 0.25) is 0 Å². The minimum Gasteiger partial charge on any atom is -0.376 e. The first-order chi connectivity index (χ1) is 11.0. The molecule has 0 saturated heterocycles. The molecule has 2 rings (SSSR count). The number of rotatable bonds is 5. The molecule has 2 aromatic rings. The highest BCUT2D eigenvalue weighted by Crippen LogP contribution is 2.10. The van der Waals surface area contributed by atoms with Crippen molar-refractivity contribution in [3.05, 3.63) is 65.2 Å². The van der Waals surface area contributed by atoms with Crippen molar-refractivity contribution in [3.8, 4) is 0 Å². The van der Waals surface area contributed by atoms with Gasteiger partial charge in [-0.3, -0.25) is 4.79 Å². The van der Waals surface area contributed by atoms with Gasteiger partial charge in [-0.05, 0) is 44.2 Å². The molecule has 0 aliphatic heterocycles. The fraction of sp³-hybridized carbons (Fsp3) is 0.176. The van der Waals surface area contributed by atoms with Gasteiger partial charge in [0.25, 0.3) is 5.91 Å². The number of amides is 1. The molecule has 0 saturated carbocycles. The standard InChI is InChI=1S/C17H17F2N3O/c1-11-3-6-14(7-4-11)20-10-17(23)22-21-12(2)15-9-13(18)5-8-16(15)19/h3-9,20H,10H2,1-2H3,(H,22,23)/b21-12-. The van der Waals surface area contributed by atoms with E-state index in [1.165, 1.54) is 6.92 Å². The Balaban J connectivity index is 1.92. The van der Waals surface area contributed by atoms with Crippen LogP contribution in [0.15, 0.2) is 47.6 Å². The largest absolute Gasteiger partial charge is 0.376 e. The van der Waals surface area contributed by atoms with E-state index in [2.05, 4.69) is 15.8 Å². The molecule has 0 heterocycles. The van der Waals surface area contributed by atoms with Crippen LogP contribution in [0.1, 0.15) is 18.1 Å². The first-order valence-corrected chi connectivity index (χ1v) is 7.05. The molecule has 0 aromatic heterocycles. The van der Waals surface area contributed by atoms with Crippen molar-refractivity contribution < 1.29 is 13.6 Å². The van der Waals surface area contributed by atoms with Crippen molar-refractivity contribution in [2.45, 2.75) is 13.8 Å². The number of anilines is 1. The first-order valence-electron chi connectivity index (χ1n) is 7.05. The summed E-state index contributed by atoms with van der Waals surface area (Å²) in [4.78, 5) is 11.7. The van der Waals surface area contributed by atoms with Crippen molar-refractivity contribution in [3.63, 3.8) is 0 Å². The van der Waals surface area contributed by atoms with E-state index in [1.807, 2.05) is 31.2 Å². The number of nitrogens with zero attached hydrogens (tertiary/aromatic N) is 1. The number of hydrazone groups is 1. The van der Waals surface area contributed by atoms with Gasteiger partial charge in [-0.2, -0.15) is 5.10 Å². The molecule has 0 unspecified atom stereocenters. The zero-order chi connectivity index (χ0) is 16.8. The van der Waals surface area contributed by atoms with E-state index in [9.17, 15) is 13.6 Å².